The van der Waals surface area contributed by atoms with Crippen LogP contribution in [-0.2, 0) is 9.53 Å². The maximum atomic E-state index is 12.4. The molecule has 0 saturated heterocycles. The Morgan fingerprint density at radius 3 is 2.77 bits per heavy atom. The first-order valence-electron chi connectivity index (χ1n) is 8.24. The molecule has 0 amide bonds. The van der Waals surface area contributed by atoms with Crippen molar-refractivity contribution in [2.24, 2.45) is 0 Å². The van der Waals surface area contributed by atoms with Gasteiger partial charge in [0.1, 0.15) is 10.6 Å². The minimum atomic E-state index is -0.432. The van der Waals surface area contributed by atoms with Crippen molar-refractivity contribution in [2.75, 3.05) is 7.11 Å². The Morgan fingerprint density at radius 1 is 1.35 bits per heavy atom. The topological polar surface area (TPSA) is 89.9 Å². The van der Waals surface area contributed by atoms with Crippen molar-refractivity contribution >= 4 is 28.8 Å². The first-order chi connectivity index (χ1) is 12.4. The number of carbonyl (C=O) groups excluding carboxylic acids is 1. The number of nitrogens with zero attached hydrogens (tertiary/aromatic N) is 3. The van der Waals surface area contributed by atoms with E-state index in [1.165, 1.54) is 30.6 Å². The zero-order valence-corrected chi connectivity index (χ0v) is 15.9. The van der Waals surface area contributed by atoms with Crippen LogP contribution in [0.4, 0.5) is 0 Å². The highest BCUT2D eigenvalue weighted by Crippen LogP contribution is 2.24. The number of nitrogens with one attached hydrogen (secondary N) is 1. The van der Waals surface area contributed by atoms with Crippen LogP contribution < -0.4 is 5.56 Å². The summed E-state index contributed by atoms with van der Waals surface area (Å²) in [5.74, 6) is -0.345. The lowest BCUT2D eigenvalue weighted by molar-refractivity contribution is -0.140. The molecule has 8 heteroatoms. The molecule has 26 heavy (non-hydrogen) atoms. The highest BCUT2D eigenvalue weighted by Gasteiger charge is 2.21. The Bertz CT molecular complexity index is 1020. The highest BCUT2D eigenvalue weighted by molar-refractivity contribution is 8.00. The number of aryl methyl sites for hydroxylation is 2. The number of esters is 1. The molecule has 3 aromatic rings. The van der Waals surface area contributed by atoms with E-state index >= 15 is 0 Å². The smallest absolute Gasteiger partial charge is 0.319 e. The van der Waals surface area contributed by atoms with E-state index in [0.29, 0.717) is 22.6 Å². The molecule has 0 saturated carbocycles. The Hall–Kier alpha value is -2.61. The molecule has 0 radical (unpaired) electrons. The van der Waals surface area contributed by atoms with Gasteiger partial charge in [-0.3, -0.25) is 9.59 Å². The number of aromatic amines is 1. The van der Waals surface area contributed by atoms with Crippen LogP contribution in [0.25, 0.3) is 16.7 Å². The summed E-state index contributed by atoms with van der Waals surface area (Å²) in [5, 5.41) is 4.66. The van der Waals surface area contributed by atoms with Crippen LogP contribution in [0, 0.1) is 13.8 Å². The summed E-state index contributed by atoms with van der Waals surface area (Å²) >= 11 is 1.18. The zero-order chi connectivity index (χ0) is 18.8. The first kappa shape index (κ1) is 18.2. The van der Waals surface area contributed by atoms with Crippen molar-refractivity contribution in [2.45, 2.75) is 37.6 Å². The third kappa shape index (κ3) is 3.37. The van der Waals surface area contributed by atoms with Crippen LogP contribution in [0.2, 0.25) is 0 Å². The molecule has 2 aromatic heterocycles. The van der Waals surface area contributed by atoms with E-state index < -0.39 is 5.25 Å². The molecule has 136 valence electrons. The van der Waals surface area contributed by atoms with Gasteiger partial charge < -0.3 is 9.72 Å². The van der Waals surface area contributed by atoms with Crippen LogP contribution in [0.3, 0.4) is 0 Å². The molecule has 1 atom stereocenters. The monoisotopic (exact) mass is 372 g/mol. The Balaban J connectivity index is 2.08. The summed E-state index contributed by atoms with van der Waals surface area (Å²) in [6.45, 7) is 5.94. The van der Waals surface area contributed by atoms with E-state index in [-0.39, 0.29) is 11.5 Å². The van der Waals surface area contributed by atoms with Gasteiger partial charge in [0.05, 0.1) is 19.0 Å². The standard InChI is InChI=1S/C18H20N4O3S/c1-5-14(17(24)25-4)26-18-20-15-13(16(23)21-18)9-19-22(15)12-7-6-10(2)11(3)8-12/h6-9,14H,5H2,1-4H3,(H,20,21,23). The number of benzene rings is 1. The fourth-order valence-corrected chi connectivity index (χ4v) is 3.48. The molecule has 1 unspecified atom stereocenters. The van der Waals surface area contributed by atoms with Crippen molar-refractivity contribution in [3.63, 3.8) is 0 Å². The molecule has 2 heterocycles. The number of carbonyl (C=O) groups is 1. The van der Waals surface area contributed by atoms with Crippen molar-refractivity contribution in [1.82, 2.24) is 19.7 Å². The number of ether oxygens (including phenoxy) is 1. The number of aromatic nitrogens is 4. The Kier molecular flexibility index (Phi) is 5.13. The molecule has 1 N–H and O–H groups in total. The number of methoxy groups -OCH3 is 1. The van der Waals surface area contributed by atoms with Crippen LogP contribution >= 0.6 is 11.8 Å². The second kappa shape index (κ2) is 7.33. The quantitative estimate of drug-likeness (QED) is 0.421. The lowest BCUT2D eigenvalue weighted by atomic mass is 10.1. The van der Waals surface area contributed by atoms with Gasteiger partial charge in [-0.05, 0) is 43.5 Å². The molecule has 1 aromatic carbocycles. The lowest BCUT2D eigenvalue weighted by Crippen LogP contribution is -2.19. The number of thioether (sulfide) groups is 1. The average molecular weight is 372 g/mol. The number of H-pyrrole nitrogens is 1. The van der Waals surface area contributed by atoms with E-state index in [1.807, 2.05) is 39.0 Å². The molecule has 7 nitrogen and oxygen atoms in total. The van der Waals surface area contributed by atoms with Gasteiger partial charge in [0, 0.05) is 0 Å². The van der Waals surface area contributed by atoms with Gasteiger partial charge in [-0.15, -0.1) is 0 Å². The second-order valence-electron chi connectivity index (χ2n) is 5.97. The van der Waals surface area contributed by atoms with Gasteiger partial charge in [-0.25, -0.2) is 9.67 Å². The summed E-state index contributed by atoms with van der Waals surface area (Å²) in [6.07, 6.45) is 2.07. The second-order valence-corrected chi connectivity index (χ2v) is 7.16. The fraction of sp³-hybridized carbons (Fsp3) is 0.333. The van der Waals surface area contributed by atoms with E-state index in [2.05, 4.69) is 15.1 Å². The van der Waals surface area contributed by atoms with Crippen molar-refractivity contribution < 1.29 is 9.53 Å². The number of rotatable bonds is 5. The summed E-state index contributed by atoms with van der Waals surface area (Å²) in [7, 11) is 1.35. The highest BCUT2D eigenvalue weighted by atomic mass is 32.2. The summed E-state index contributed by atoms with van der Waals surface area (Å²) < 4.78 is 6.44. The van der Waals surface area contributed by atoms with Crippen molar-refractivity contribution in [1.29, 1.82) is 0 Å². The van der Waals surface area contributed by atoms with E-state index in [0.717, 1.165) is 11.3 Å². The number of hydrogen-bond donors (Lipinski definition) is 1. The minimum Gasteiger partial charge on any atom is -0.468 e. The van der Waals surface area contributed by atoms with Gasteiger partial charge >= 0.3 is 5.97 Å². The van der Waals surface area contributed by atoms with Crippen LogP contribution in [0.1, 0.15) is 24.5 Å². The number of hydrogen-bond acceptors (Lipinski definition) is 6. The van der Waals surface area contributed by atoms with Crippen LogP contribution in [-0.4, -0.2) is 38.1 Å². The third-order valence-corrected chi connectivity index (χ3v) is 5.47. The molecule has 0 aliphatic carbocycles. The molecule has 0 aliphatic heterocycles. The zero-order valence-electron chi connectivity index (χ0n) is 15.1. The molecular weight excluding hydrogens is 352 g/mol. The molecule has 0 aliphatic rings. The van der Waals surface area contributed by atoms with Crippen molar-refractivity contribution in [3.8, 4) is 5.69 Å². The predicted octanol–water partition coefficient (Wildman–Crippen LogP) is 2.77. The predicted molar refractivity (Wildman–Crippen MR) is 101 cm³/mol. The third-order valence-electron chi connectivity index (χ3n) is 4.24. The molecule has 0 bridgehead atoms. The Morgan fingerprint density at radius 2 is 2.12 bits per heavy atom. The van der Waals surface area contributed by atoms with Crippen LogP contribution in [0.5, 0.6) is 0 Å². The van der Waals surface area contributed by atoms with E-state index in [1.54, 1.807) is 4.68 Å². The van der Waals surface area contributed by atoms with Crippen molar-refractivity contribution in [3.05, 3.63) is 45.9 Å². The van der Waals surface area contributed by atoms with Gasteiger partial charge in [-0.1, -0.05) is 24.8 Å². The molecule has 0 fully saturated rings. The van der Waals surface area contributed by atoms with Gasteiger partial charge in [0.25, 0.3) is 5.56 Å². The Labute approximate surface area is 154 Å². The molecule has 3 rings (SSSR count). The molecule has 0 spiro atoms. The normalized spacial score (nSPS) is 12.3. The van der Waals surface area contributed by atoms with Crippen LogP contribution in [0.15, 0.2) is 34.3 Å². The first-order valence-corrected chi connectivity index (χ1v) is 9.12. The van der Waals surface area contributed by atoms with Gasteiger partial charge in [-0.2, -0.15) is 5.10 Å². The van der Waals surface area contributed by atoms with E-state index in [4.69, 9.17) is 4.74 Å². The summed E-state index contributed by atoms with van der Waals surface area (Å²) in [6, 6.07) is 5.94. The summed E-state index contributed by atoms with van der Waals surface area (Å²) in [5.41, 5.74) is 3.31. The maximum Gasteiger partial charge on any atom is 0.319 e. The largest absolute Gasteiger partial charge is 0.468 e. The lowest BCUT2D eigenvalue weighted by Gasteiger charge is -2.11. The molecular formula is C18H20N4O3S. The fourth-order valence-electron chi connectivity index (χ4n) is 2.56. The minimum absolute atomic E-state index is 0.285. The van der Waals surface area contributed by atoms with E-state index in [9.17, 15) is 9.59 Å². The summed E-state index contributed by atoms with van der Waals surface area (Å²) in [4.78, 5) is 31.5. The number of fused-ring (bicyclic) bond motifs is 1. The van der Waals surface area contributed by atoms with Gasteiger partial charge in [0.15, 0.2) is 10.8 Å². The maximum absolute atomic E-state index is 12.4. The van der Waals surface area contributed by atoms with Gasteiger partial charge in [0.2, 0.25) is 0 Å². The average Bonchev–Trinajstić information content (AvgIpc) is 3.06. The SMILES string of the molecule is CCC(Sc1nc2c(cnn2-c2ccc(C)c(C)c2)c(=O)[nH]1)C(=O)OC.